The van der Waals surface area contributed by atoms with Crippen LogP contribution < -0.4 is 0 Å². The average Bonchev–Trinajstić information content (AvgIpc) is 3.22. The molecule has 142 valence electrons. The Morgan fingerprint density at radius 1 is 1.22 bits per heavy atom. The Morgan fingerprint density at radius 3 is 2.78 bits per heavy atom. The van der Waals surface area contributed by atoms with Crippen molar-refractivity contribution < 1.29 is 19.1 Å². The molecule has 1 fully saturated rings. The molecule has 0 saturated carbocycles. The molecule has 0 radical (unpaired) electrons. The summed E-state index contributed by atoms with van der Waals surface area (Å²) in [5.41, 5.74) is 2.44. The predicted molar refractivity (Wildman–Crippen MR) is 104 cm³/mol. The van der Waals surface area contributed by atoms with Crippen LogP contribution in [0.2, 0.25) is 0 Å². The minimum Gasteiger partial charge on any atom is -0.457 e. The smallest absolute Gasteiger partial charge is 0.311 e. The fourth-order valence-electron chi connectivity index (χ4n) is 3.28. The number of amides is 1. The fraction of sp³-hybridized carbons (Fsp3) is 0.381. The second-order valence-corrected chi connectivity index (χ2v) is 7.86. The van der Waals surface area contributed by atoms with Crippen LogP contribution >= 0.6 is 11.3 Å². The molecule has 1 aromatic heterocycles. The molecule has 1 amide bonds. The maximum Gasteiger partial charge on any atom is 0.311 e. The number of benzene rings is 1. The summed E-state index contributed by atoms with van der Waals surface area (Å²) in [7, 11) is 0. The summed E-state index contributed by atoms with van der Waals surface area (Å²) < 4.78 is 5.29. The van der Waals surface area contributed by atoms with Gasteiger partial charge in [-0.3, -0.25) is 14.4 Å². The third-order valence-corrected chi connectivity index (χ3v) is 5.67. The minimum absolute atomic E-state index is 0.0473. The van der Waals surface area contributed by atoms with Crippen molar-refractivity contribution in [2.75, 3.05) is 19.7 Å². The van der Waals surface area contributed by atoms with E-state index in [1.165, 1.54) is 11.3 Å². The molecule has 2 aromatic rings. The lowest BCUT2D eigenvalue weighted by atomic mass is 9.98. The van der Waals surface area contributed by atoms with Gasteiger partial charge in [0.15, 0.2) is 6.61 Å². The molecule has 1 aliphatic heterocycles. The number of Topliss-reactive ketones (excluding diaryl/α,β-unsaturated/α-hetero) is 1. The molecule has 5 nitrogen and oxygen atoms in total. The Hall–Kier alpha value is -2.47. The minimum atomic E-state index is -0.405. The Balaban J connectivity index is 1.57. The number of hydrogen-bond acceptors (Lipinski definition) is 5. The summed E-state index contributed by atoms with van der Waals surface area (Å²) in [6.45, 7) is 4.50. The molecule has 0 spiro atoms. The van der Waals surface area contributed by atoms with Crippen LogP contribution in [0.4, 0.5) is 0 Å². The van der Waals surface area contributed by atoms with Crippen LogP contribution in [0.15, 0.2) is 35.7 Å². The second-order valence-electron chi connectivity index (χ2n) is 6.92. The summed E-state index contributed by atoms with van der Waals surface area (Å²) in [4.78, 5) is 39.7. The first-order valence-electron chi connectivity index (χ1n) is 9.05. The molecule has 0 bridgehead atoms. The Bertz CT molecular complexity index is 844. The number of carbonyl (C=O) groups is 3. The van der Waals surface area contributed by atoms with Crippen LogP contribution in [0.3, 0.4) is 0 Å². The van der Waals surface area contributed by atoms with Gasteiger partial charge in [0.2, 0.25) is 5.78 Å². The zero-order chi connectivity index (χ0) is 19.4. The average molecular weight is 385 g/mol. The van der Waals surface area contributed by atoms with Gasteiger partial charge in [0, 0.05) is 18.7 Å². The highest BCUT2D eigenvalue weighted by Gasteiger charge is 2.30. The first-order valence-corrected chi connectivity index (χ1v) is 9.93. The van der Waals surface area contributed by atoms with Gasteiger partial charge in [0.25, 0.3) is 5.91 Å². The van der Waals surface area contributed by atoms with Gasteiger partial charge in [-0.05, 0) is 49.8 Å². The van der Waals surface area contributed by atoms with E-state index in [0.29, 0.717) is 30.0 Å². The first kappa shape index (κ1) is 19.3. The molecule has 2 heterocycles. The fourth-order valence-corrected chi connectivity index (χ4v) is 3.97. The molecule has 1 aromatic carbocycles. The lowest BCUT2D eigenvalue weighted by molar-refractivity contribution is -0.148. The van der Waals surface area contributed by atoms with Crippen LogP contribution in [-0.2, 0) is 9.53 Å². The van der Waals surface area contributed by atoms with Crippen molar-refractivity contribution in [3.8, 4) is 0 Å². The predicted octanol–water partition coefficient (Wildman–Crippen LogP) is 3.64. The Labute approximate surface area is 162 Å². The SMILES string of the molecule is Cc1ccc(C)c(C(=O)COC(=O)C2CCCN(C(=O)c3cccs3)C2)c1. The van der Waals surface area contributed by atoms with Gasteiger partial charge in [-0.2, -0.15) is 0 Å². The lowest BCUT2D eigenvalue weighted by Crippen LogP contribution is -2.42. The number of ether oxygens (including phenoxy) is 1. The van der Waals surface area contributed by atoms with Crippen LogP contribution in [0.1, 0.15) is 44.0 Å². The summed E-state index contributed by atoms with van der Waals surface area (Å²) in [6.07, 6.45) is 1.42. The summed E-state index contributed by atoms with van der Waals surface area (Å²) in [5, 5.41) is 1.86. The summed E-state index contributed by atoms with van der Waals surface area (Å²) >= 11 is 1.40. The zero-order valence-electron chi connectivity index (χ0n) is 15.6. The highest BCUT2D eigenvalue weighted by Crippen LogP contribution is 2.22. The topological polar surface area (TPSA) is 63.7 Å². The van der Waals surface area contributed by atoms with Crippen LogP contribution in [-0.4, -0.2) is 42.3 Å². The van der Waals surface area contributed by atoms with E-state index in [1.807, 2.05) is 43.5 Å². The maximum atomic E-state index is 12.5. The van der Waals surface area contributed by atoms with Crippen molar-refractivity contribution in [1.82, 2.24) is 4.90 Å². The molecule has 27 heavy (non-hydrogen) atoms. The monoisotopic (exact) mass is 385 g/mol. The third-order valence-electron chi connectivity index (χ3n) is 4.81. The molecular weight excluding hydrogens is 362 g/mol. The van der Waals surface area contributed by atoms with E-state index in [9.17, 15) is 14.4 Å². The number of hydrogen-bond donors (Lipinski definition) is 0. The Morgan fingerprint density at radius 2 is 2.04 bits per heavy atom. The van der Waals surface area contributed by atoms with Gasteiger partial charge in [-0.25, -0.2) is 0 Å². The number of rotatable bonds is 5. The molecular formula is C21H23NO4S. The van der Waals surface area contributed by atoms with Crippen molar-refractivity contribution in [2.45, 2.75) is 26.7 Å². The molecule has 0 aliphatic carbocycles. The number of piperidine rings is 1. The third kappa shape index (κ3) is 4.63. The van der Waals surface area contributed by atoms with Crippen LogP contribution in [0, 0.1) is 19.8 Å². The first-order chi connectivity index (χ1) is 13.0. The van der Waals surface area contributed by atoms with Gasteiger partial charge in [-0.15, -0.1) is 11.3 Å². The number of carbonyl (C=O) groups excluding carboxylic acids is 3. The van der Waals surface area contributed by atoms with E-state index in [-0.39, 0.29) is 24.2 Å². The summed E-state index contributed by atoms with van der Waals surface area (Å²) in [5.74, 6) is -1.03. The number of aryl methyl sites for hydroxylation is 2. The Kier molecular flexibility index (Phi) is 6.06. The van der Waals surface area contributed by atoms with Crippen molar-refractivity contribution in [2.24, 2.45) is 5.92 Å². The number of ketones is 1. The van der Waals surface area contributed by atoms with Crippen molar-refractivity contribution in [3.63, 3.8) is 0 Å². The largest absolute Gasteiger partial charge is 0.457 e. The van der Waals surface area contributed by atoms with Gasteiger partial charge in [0.1, 0.15) is 0 Å². The number of nitrogens with zero attached hydrogens (tertiary/aromatic N) is 1. The van der Waals surface area contributed by atoms with Gasteiger partial charge < -0.3 is 9.64 Å². The van der Waals surface area contributed by atoms with E-state index in [0.717, 1.165) is 17.5 Å². The molecule has 1 saturated heterocycles. The quantitative estimate of drug-likeness (QED) is 0.582. The van der Waals surface area contributed by atoms with E-state index in [2.05, 4.69) is 0 Å². The summed E-state index contributed by atoms with van der Waals surface area (Å²) in [6, 6.07) is 9.27. The number of likely N-dealkylation sites (tertiary alicyclic amines) is 1. The van der Waals surface area contributed by atoms with Crippen molar-refractivity contribution in [1.29, 1.82) is 0 Å². The molecule has 1 aliphatic rings. The van der Waals surface area contributed by atoms with Gasteiger partial charge in [0.05, 0.1) is 10.8 Å². The normalized spacial score (nSPS) is 16.8. The zero-order valence-corrected chi connectivity index (χ0v) is 16.4. The molecule has 6 heteroatoms. The highest BCUT2D eigenvalue weighted by atomic mass is 32.1. The highest BCUT2D eigenvalue weighted by molar-refractivity contribution is 7.12. The standard InChI is InChI=1S/C21H23NO4S/c1-14-7-8-15(2)17(11-14)18(23)13-26-21(25)16-5-3-9-22(12-16)20(24)19-6-4-10-27-19/h4,6-8,10-11,16H,3,5,9,12-13H2,1-2H3. The van der Waals surface area contributed by atoms with Crippen LogP contribution in [0.25, 0.3) is 0 Å². The van der Waals surface area contributed by atoms with Crippen LogP contribution in [0.5, 0.6) is 0 Å². The number of thiophene rings is 1. The van der Waals surface area contributed by atoms with E-state index in [1.54, 1.807) is 11.0 Å². The van der Waals surface area contributed by atoms with Gasteiger partial charge in [-0.1, -0.05) is 23.8 Å². The van der Waals surface area contributed by atoms with Crippen molar-refractivity contribution >= 4 is 29.0 Å². The molecule has 3 rings (SSSR count). The molecule has 1 atom stereocenters. The van der Waals surface area contributed by atoms with Gasteiger partial charge >= 0.3 is 5.97 Å². The lowest BCUT2D eigenvalue weighted by Gasteiger charge is -2.31. The van der Waals surface area contributed by atoms with Crippen molar-refractivity contribution in [3.05, 3.63) is 57.3 Å². The second kappa shape index (κ2) is 8.48. The molecule has 1 unspecified atom stereocenters. The molecule has 0 N–H and O–H groups in total. The van der Waals surface area contributed by atoms with E-state index in [4.69, 9.17) is 4.74 Å². The van der Waals surface area contributed by atoms with E-state index < -0.39 is 5.97 Å². The van der Waals surface area contributed by atoms with E-state index >= 15 is 0 Å². The number of esters is 1. The maximum absolute atomic E-state index is 12.5.